The Balaban J connectivity index is 0.00000261. The molecule has 0 saturated heterocycles. The van der Waals surface area contributed by atoms with E-state index in [1.807, 2.05) is 34.5 Å². The highest BCUT2D eigenvalue weighted by atomic mass is 127. The minimum absolute atomic E-state index is 0. The molecule has 1 atom stereocenters. The lowest BCUT2D eigenvalue weighted by Crippen LogP contribution is -2.42. The number of aryl methyl sites for hydroxylation is 1. The van der Waals surface area contributed by atoms with Gasteiger partial charge in [0.2, 0.25) is 0 Å². The summed E-state index contributed by atoms with van der Waals surface area (Å²) in [6, 6.07) is 13.0. The van der Waals surface area contributed by atoms with Crippen molar-refractivity contribution in [3.05, 3.63) is 70.4 Å². The summed E-state index contributed by atoms with van der Waals surface area (Å²) in [5.74, 6) is 0.811. The van der Waals surface area contributed by atoms with Crippen LogP contribution in [0.15, 0.2) is 60.1 Å². The number of halogens is 1. The number of guanidine groups is 1. The molecular formula is C20H26IN5S. The van der Waals surface area contributed by atoms with Gasteiger partial charge in [-0.3, -0.25) is 4.99 Å². The number of hydrogen-bond donors (Lipinski definition) is 2. The van der Waals surface area contributed by atoms with E-state index in [4.69, 9.17) is 0 Å². The van der Waals surface area contributed by atoms with Crippen LogP contribution in [-0.4, -0.2) is 28.6 Å². The molecule has 2 heterocycles. The molecule has 2 aromatic heterocycles. The second-order valence-electron chi connectivity index (χ2n) is 6.29. The van der Waals surface area contributed by atoms with Crippen molar-refractivity contribution < 1.29 is 0 Å². The molecule has 144 valence electrons. The quantitative estimate of drug-likeness (QED) is 0.307. The molecule has 3 aromatic rings. The van der Waals surface area contributed by atoms with Gasteiger partial charge in [0.25, 0.3) is 0 Å². The molecule has 0 fully saturated rings. The molecule has 0 aliphatic rings. The summed E-state index contributed by atoms with van der Waals surface area (Å²) < 4.78 is 2.02. The number of imidazole rings is 1. The van der Waals surface area contributed by atoms with Crippen LogP contribution in [0.25, 0.3) is 5.69 Å². The zero-order valence-electron chi connectivity index (χ0n) is 15.8. The Bertz CT molecular complexity index is 857. The first-order valence-electron chi connectivity index (χ1n) is 8.74. The first-order valence-corrected chi connectivity index (χ1v) is 9.56. The Morgan fingerprint density at radius 3 is 2.74 bits per heavy atom. The molecule has 7 heteroatoms. The minimum atomic E-state index is 0. The number of aromatic nitrogens is 2. The van der Waals surface area contributed by atoms with Gasteiger partial charge >= 0.3 is 0 Å². The van der Waals surface area contributed by atoms with Gasteiger partial charge in [-0.05, 0) is 37.6 Å². The highest BCUT2D eigenvalue weighted by molar-refractivity contribution is 14.0. The highest BCUT2D eigenvalue weighted by Crippen LogP contribution is 2.17. The van der Waals surface area contributed by atoms with Gasteiger partial charge in [-0.15, -0.1) is 35.3 Å². The monoisotopic (exact) mass is 495 g/mol. The van der Waals surface area contributed by atoms with E-state index in [0.717, 1.165) is 18.1 Å². The molecule has 27 heavy (non-hydrogen) atoms. The van der Waals surface area contributed by atoms with E-state index >= 15 is 0 Å². The van der Waals surface area contributed by atoms with Crippen LogP contribution in [0, 0.1) is 6.92 Å². The van der Waals surface area contributed by atoms with Crippen LogP contribution in [0.2, 0.25) is 0 Å². The Morgan fingerprint density at radius 2 is 2.07 bits per heavy atom. The summed E-state index contributed by atoms with van der Waals surface area (Å²) in [7, 11) is 1.80. The zero-order chi connectivity index (χ0) is 18.4. The lowest BCUT2D eigenvalue weighted by atomic mass is 10.1. The van der Waals surface area contributed by atoms with E-state index in [0.29, 0.717) is 12.6 Å². The van der Waals surface area contributed by atoms with E-state index in [-0.39, 0.29) is 24.0 Å². The van der Waals surface area contributed by atoms with E-state index in [9.17, 15) is 0 Å². The van der Waals surface area contributed by atoms with Crippen LogP contribution in [0.1, 0.15) is 22.2 Å². The number of nitrogens with one attached hydrogen (secondary N) is 2. The third kappa shape index (κ3) is 6.07. The van der Waals surface area contributed by atoms with Crippen LogP contribution in [-0.2, 0) is 13.0 Å². The van der Waals surface area contributed by atoms with Gasteiger partial charge in [0.05, 0.1) is 12.0 Å². The van der Waals surface area contributed by atoms with Crippen LogP contribution in [0.4, 0.5) is 0 Å². The van der Waals surface area contributed by atoms with Gasteiger partial charge in [-0.25, -0.2) is 4.98 Å². The summed E-state index contributed by atoms with van der Waals surface area (Å²) in [5, 5.41) is 6.89. The minimum Gasteiger partial charge on any atom is -0.354 e. The van der Waals surface area contributed by atoms with Gasteiger partial charge in [-0.1, -0.05) is 18.2 Å². The Hall–Kier alpha value is -1.87. The topological polar surface area (TPSA) is 54.2 Å². The second-order valence-corrected chi connectivity index (χ2v) is 7.66. The van der Waals surface area contributed by atoms with E-state index in [1.165, 1.54) is 15.3 Å². The van der Waals surface area contributed by atoms with E-state index in [1.54, 1.807) is 13.2 Å². The van der Waals surface area contributed by atoms with Crippen molar-refractivity contribution in [2.45, 2.75) is 32.9 Å². The van der Waals surface area contributed by atoms with Gasteiger partial charge in [0.15, 0.2) is 5.96 Å². The number of benzene rings is 1. The van der Waals surface area contributed by atoms with Crippen LogP contribution in [0.5, 0.6) is 0 Å². The fourth-order valence-corrected chi connectivity index (χ4v) is 3.89. The largest absolute Gasteiger partial charge is 0.354 e. The van der Waals surface area contributed by atoms with Crippen molar-refractivity contribution in [2.75, 3.05) is 7.05 Å². The summed E-state index contributed by atoms with van der Waals surface area (Å²) in [5.41, 5.74) is 2.31. The molecule has 0 spiro atoms. The third-order valence-corrected chi connectivity index (χ3v) is 5.15. The summed E-state index contributed by atoms with van der Waals surface area (Å²) in [6.07, 6.45) is 6.55. The van der Waals surface area contributed by atoms with Crippen molar-refractivity contribution in [3.63, 3.8) is 0 Å². The fourth-order valence-electron chi connectivity index (χ4n) is 2.87. The Morgan fingerprint density at radius 1 is 1.26 bits per heavy atom. The summed E-state index contributed by atoms with van der Waals surface area (Å²) in [4.78, 5) is 11.2. The van der Waals surface area contributed by atoms with Crippen molar-refractivity contribution in [2.24, 2.45) is 4.99 Å². The predicted octanol–water partition coefficient (Wildman–Crippen LogP) is 4.16. The third-order valence-electron chi connectivity index (χ3n) is 4.13. The molecule has 5 nitrogen and oxygen atoms in total. The molecule has 0 saturated carbocycles. The highest BCUT2D eigenvalue weighted by Gasteiger charge is 2.09. The molecule has 0 radical (unpaired) electrons. The average molecular weight is 495 g/mol. The molecule has 0 aliphatic carbocycles. The number of hydrogen-bond acceptors (Lipinski definition) is 3. The fraction of sp³-hybridized carbons (Fsp3) is 0.300. The number of rotatable bonds is 6. The van der Waals surface area contributed by atoms with E-state index in [2.05, 4.69) is 64.8 Å². The SMILES string of the molecule is CN=C(NCc1ccccc1-n1ccnc1)NC(C)Cc1ccc(C)s1.I. The van der Waals surface area contributed by atoms with Crippen LogP contribution >= 0.6 is 35.3 Å². The number of nitrogens with zero attached hydrogens (tertiary/aromatic N) is 3. The maximum absolute atomic E-state index is 4.36. The second kappa shape index (κ2) is 10.5. The molecule has 0 bridgehead atoms. The van der Waals surface area contributed by atoms with Gasteiger partial charge in [0.1, 0.15) is 0 Å². The summed E-state index contributed by atoms with van der Waals surface area (Å²) >= 11 is 1.85. The molecular weight excluding hydrogens is 469 g/mol. The molecule has 3 rings (SSSR count). The lowest BCUT2D eigenvalue weighted by molar-refractivity contribution is 0.644. The molecule has 0 amide bonds. The Labute approximate surface area is 182 Å². The first-order chi connectivity index (χ1) is 12.7. The maximum Gasteiger partial charge on any atom is 0.191 e. The molecule has 2 N–H and O–H groups in total. The number of para-hydroxylation sites is 1. The van der Waals surface area contributed by atoms with E-state index < -0.39 is 0 Å². The average Bonchev–Trinajstić information content (AvgIpc) is 3.31. The van der Waals surface area contributed by atoms with Crippen LogP contribution < -0.4 is 10.6 Å². The van der Waals surface area contributed by atoms with Gasteiger partial charge in [0, 0.05) is 48.2 Å². The van der Waals surface area contributed by atoms with Crippen molar-refractivity contribution in [1.29, 1.82) is 0 Å². The predicted molar refractivity (Wildman–Crippen MR) is 125 cm³/mol. The van der Waals surface area contributed by atoms with Crippen molar-refractivity contribution >= 4 is 41.3 Å². The van der Waals surface area contributed by atoms with Gasteiger partial charge in [-0.2, -0.15) is 0 Å². The maximum atomic E-state index is 4.36. The van der Waals surface area contributed by atoms with Crippen LogP contribution in [0.3, 0.4) is 0 Å². The number of aliphatic imine (C=N–C) groups is 1. The normalized spacial score (nSPS) is 12.3. The zero-order valence-corrected chi connectivity index (χ0v) is 19.0. The smallest absolute Gasteiger partial charge is 0.191 e. The van der Waals surface area contributed by atoms with Crippen molar-refractivity contribution in [3.8, 4) is 5.69 Å². The Kier molecular flexibility index (Phi) is 8.30. The van der Waals surface area contributed by atoms with Gasteiger partial charge < -0.3 is 15.2 Å². The lowest BCUT2D eigenvalue weighted by Gasteiger charge is -2.18. The number of thiophene rings is 1. The standard InChI is InChI=1S/C20H25N5S.HI/c1-15(12-18-9-8-16(2)26-18)24-20(21-3)23-13-17-6-4-5-7-19(17)25-11-10-22-14-25;/h4-11,14-15H,12-13H2,1-3H3,(H2,21,23,24);1H. The summed E-state index contributed by atoms with van der Waals surface area (Å²) in [6.45, 7) is 5.02. The molecule has 0 aliphatic heterocycles. The molecule has 1 unspecified atom stereocenters. The van der Waals surface area contributed by atoms with Crippen molar-refractivity contribution in [1.82, 2.24) is 20.2 Å². The molecule has 1 aromatic carbocycles. The first kappa shape index (κ1) is 21.4.